The highest BCUT2D eigenvalue weighted by Gasteiger charge is 2.14. The van der Waals surface area contributed by atoms with E-state index in [0.29, 0.717) is 18.6 Å². The second kappa shape index (κ2) is 3.37. The van der Waals surface area contributed by atoms with E-state index in [0.717, 1.165) is 23.9 Å². The van der Waals surface area contributed by atoms with Crippen LogP contribution in [0.3, 0.4) is 0 Å². The van der Waals surface area contributed by atoms with Crippen molar-refractivity contribution in [2.45, 2.75) is 25.7 Å². The summed E-state index contributed by atoms with van der Waals surface area (Å²) in [5, 5.41) is 0. The SMILES string of the molecule is [B]c1cccc2c1CC(=O)CCC2. The fourth-order valence-corrected chi connectivity index (χ4v) is 1.87. The van der Waals surface area contributed by atoms with Gasteiger partial charge in [-0.05, 0) is 24.0 Å². The molecule has 13 heavy (non-hydrogen) atoms. The Hall–Kier alpha value is -1.05. The third kappa shape index (κ3) is 1.67. The van der Waals surface area contributed by atoms with Gasteiger partial charge in [0.25, 0.3) is 0 Å². The van der Waals surface area contributed by atoms with E-state index in [2.05, 4.69) is 6.07 Å². The molecule has 2 rings (SSSR count). The Morgan fingerprint density at radius 1 is 1.23 bits per heavy atom. The number of fused-ring (bicyclic) bond motifs is 1. The van der Waals surface area contributed by atoms with Crippen molar-refractivity contribution in [2.24, 2.45) is 0 Å². The van der Waals surface area contributed by atoms with E-state index in [1.54, 1.807) is 0 Å². The van der Waals surface area contributed by atoms with Crippen LogP contribution in [0.25, 0.3) is 0 Å². The molecule has 1 aromatic rings. The molecule has 2 heteroatoms. The summed E-state index contributed by atoms with van der Waals surface area (Å²) in [5.41, 5.74) is 3.09. The van der Waals surface area contributed by atoms with Gasteiger partial charge >= 0.3 is 0 Å². The first-order valence-corrected chi connectivity index (χ1v) is 4.65. The van der Waals surface area contributed by atoms with Crippen LogP contribution in [-0.2, 0) is 17.6 Å². The van der Waals surface area contributed by atoms with Crippen molar-refractivity contribution in [1.82, 2.24) is 0 Å². The molecule has 0 atom stereocenters. The third-order valence-corrected chi connectivity index (χ3v) is 2.58. The van der Waals surface area contributed by atoms with Crippen LogP contribution in [0.4, 0.5) is 0 Å². The molecule has 2 radical (unpaired) electrons. The van der Waals surface area contributed by atoms with Gasteiger partial charge in [0, 0.05) is 12.8 Å². The standard InChI is InChI=1S/C11H11BO/c12-11-6-2-4-8-3-1-5-9(13)7-10(8)11/h2,4,6H,1,3,5,7H2. The summed E-state index contributed by atoms with van der Waals surface area (Å²) >= 11 is 0. The summed E-state index contributed by atoms with van der Waals surface area (Å²) < 4.78 is 0. The number of hydrogen-bond donors (Lipinski definition) is 0. The molecule has 0 N–H and O–H groups in total. The Bertz CT molecular complexity index is 344. The fourth-order valence-electron chi connectivity index (χ4n) is 1.87. The third-order valence-electron chi connectivity index (χ3n) is 2.58. The molecule has 1 aliphatic rings. The first-order valence-electron chi connectivity index (χ1n) is 4.65. The van der Waals surface area contributed by atoms with Crippen LogP contribution in [0, 0.1) is 0 Å². The minimum Gasteiger partial charge on any atom is -0.299 e. The van der Waals surface area contributed by atoms with Gasteiger partial charge in [-0.2, -0.15) is 0 Å². The number of carbonyl (C=O) groups is 1. The van der Waals surface area contributed by atoms with Crippen molar-refractivity contribution in [3.63, 3.8) is 0 Å². The molecular weight excluding hydrogens is 159 g/mol. The first kappa shape index (κ1) is 8.55. The molecule has 1 aromatic carbocycles. The van der Waals surface area contributed by atoms with E-state index in [-0.39, 0.29) is 0 Å². The molecule has 0 aromatic heterocycles. The van der Waals surface area contributed by atoms with E-state index < -0.39 is 0 Å². The number of hydrogen-bond acceptors (Lipinski definition) is 1. The molecule has 0 fully saturated rings. The second-order valence-electron chi connectivity index (χ2n) is 3.55. The van der Waals surface area contributed by atoms with Crippen LogP contribution in [0.15, 0.2) is 18.2 Å². The van der Waals surface area contributed by atoms with Crippen LogP contribution >= 0.6 is 0 Å². The molecular formula is C11H11BO. The Balaban J connectivity index is 2.46. The Morgan fingerprint density at radius 3 is 2.92 bits per heavy atom. The molecule has 1 nitrogen and oxygen atoms in total. The number of rotatable bonds is 0. The lowest BCUT2D eigenvalue weighted by molar-refractivity contribution is -0.118. The predicted molar refractivity (Wildman–Crippen MR) is 53.5 cm³/mol. The maximum atomic E-state index is 11.3. The largest absolute Gasteiger partial charge is 0.299 e. The van der Waals surface area contributed by atoms with Gasteiger partial charge in [-0.25, -0.2) is 0 Å². The first-order chi connectivity index (χ1) is 6.27. The maximum Gasteiger partial charge on any atom is 0.137 e. The predicted octanol–water partition coefficient (Wildman–Crippen LogP) is 0.928. The highest BCUT2D eigenvalue weighted by atomic mass is 16.1. The lowest BCUT2D eigenvalue weighted by Gasteiger charge is -2.07. The highest BCUT2D eigenvalue weighted by molar-refractivity contribution is 6.33. The van der Waals surface area contributed by atoms with Crippen LogP contribution < -0.4 is 5.46 Å². The van der Waals surface area contributed by atoms with Crippen molar-refractivity contribution < 1.29 is 4.79 Å². The van der Waals surface area contributed by atoms with Gasteiger partial charge in [0.2, 0.25) is 0 Å². The Kier molecular flexibility index (Phi) is 2.21. The van der Waals surface area contributed by atoms with E-state index in [9.17, 15) is 4.79 Å². The summed E-state index contributed by atoms with van der Waals surface area (Å²) in [6.07, 6.45) is 3.19. The molecule has 0 saturated carbocycles. The summed E-state index contributed by atoms with van der Waals surface area (Å²) in [7, 11) is 5.82. The number of carbonyl (C=O) groups excluding carboxylic acids is 1. The van der Waals surface area contributed by atoms with Gasteiger partial charge in [-0.3, -0.25) is 4.79 Å². The van der Waals surface area contributed by atoms with Gasteiger partial charge < -0.3 is 0 Å². The second-order valence-corrected chi connectivity index (χ2v) is 3.55. The summed E-state index contributed by atoms with van der Waals surface area (Å²) in [6, 6.07) is 5.91. The van der Waals surface area contributed by atoms with E-state index in [1.807, 2.05) is 12.1 Å². The van der Waals surface area contributed by atoms with Crippen molar-refractivity contribution in [2.75, 3.05) is 0 Å². The zero-order valence-electron chi connectivity index (χ0n) is 7.55. The van der Waals surface area contributed by atoms with Gasteiger partial charge in [-0.1, -0.05) is 23.7 Å². The summed E-state index contributed by atoms with van der Waals surface area (Å²) in [5.74, 6) is 0.316. The zero-order chi connectivity index (χ0) is 9.26. The molecule has 0 aliphatic heterocycles. The number of aryl methyl sites for hydroxylation is 1. The normalized spacial score (nSPS) is 16.5. The summed E-state index contributed by atoms with van der Waals surface area (Å²) in [4.78, 5) is 11.3. The lowest BCUT2D eigenvalue weighted by Crippen LogP contribution is -2.14. The lowest BCUT2D eigenvalue weighted by atomic mass is 9.85. The minimum atomic E-state index is 0.316. The molecule has 0 bridgehead atoms. The van der Waals surface area contributed by atoms with Crippen LogP contribution in [0.1, 0.15) is 24.0 Å². The van der Waals surface area contributed by atoms with Crippen LogP contribution in [-0.4, -0.2) is 13.6 Å². The maximum absolute atomic E-state index is 11.3. The van der Waals surface area contributed by atoms with Crippen LogP contribution in [0.5, 0.6) is 0 Å². The van der Waals surface area contributed by atoms with E-state index in [4.69, 9.17) is 7.85 Å². The Labute approximate surface area is 79.6 Å². The van der Waals surface area contributed by atoms with Gasteiger partial charge in [0.1, 0.15) is 13.6 Å². The molecule has 0 heterocycles. The van der Waals surface area contributed by atoms with E-state index >= 15 is 0 Å². The quantitative estimate of drug-likeness (QED) is 0.418. The van der Waals surface area contributed by atoms with Crippen molar-refractivity contribution >= 4 is 19.1 Å². The average Bonchev–Trinajstić information content (AvgIpc) is 2.28. The van der Waals surface area contributed by atoms with Crippen LogP contribution in [0.2, 0.25) is 0 Å². The number of ketones is 1. The highest BCUT2D eigenvalue weighted by Crippen LogP contribution is 2.16. The molecule has 0 saturated heterocycles. The minimum absolute atomic E-state index is 0.316. The van der Waals surface area contributed by atoms with Gasteiger partial charge in [0.15, 0.2) is 0 Å². The summed E-state index contributed by atoms with van der Waals surface area (Å²) in [6.45, 7) is 0. The molecule has 0 unspecified atom stereocenters. The smallest absolute Gasteiger partial charge is 0.137 e. The van der Waals surface area contributed by atoms with E-state index in [1.165, 1.54) is 5.56 Å². The molecule has 64 valence electrons. The molecule has 0 spiro atoms. The average molecular weight is 170 g/mol. The topological polar surface area (TPSA) is 17.1 Å². The number of benzene rings is 1. The van der Waals surface area contributed by atoms with Crippen molar-refractivity contribution in [3.8, 4) is 0 Å². The zero-order valence-corrected chi connectivity index (χ0v) is 7.55. The van der Waals surface area contributed by atoms with Gasteiger partial charge in [-0.15, -0.1) is 0 Å². The van der Waals surface area contributed by atoms with Crippen molar-refractivity contribution in [3.05, 3.63) is 29.3 Å². The number of Topliss-reactive ketones (excluding diaryl/α,β-unsaturated/α-hetero) is 1. The molecule has 1 aliphatic carbocycles. The molecule has 0 amide bonds. The Morgan fingerprint density at radius 2 is 2.08 bits per heavy atom. The fraction of sp³-hybridized carbons (Fsp3) is 0.364. The van der Waals surface area contributed by atoms with Crippen molar-refractivity contribution in [1.29, 1.82) is 0 Å². The van der Waals surface area contributed by atoms with Gasteiger partial charge in [0.05, 0.1) is 0 Å². The monoisotopic (exact) mass is 170 g/mol.